The van der Waals surface area contributed by atoms with Gasteiger partial charge in [-0.25, -0.2) is 4.79 Å². The minimum atomic E-state index is -1.93. The zero-order valence-corrected chi connectivity index (χ0v) is 48.8. The van der Waals surface area contributed by atoms with Gasteiger partial charge in [0.25, 0.3) is 0 Å². The average Bonchev–Trinajstić information content (AvgIpc) is 3.44. The van der Waals surface area contributed by atoms with Crippen LogP contribution in [0.15, 0.2) is 134 Å². The molecule has 0 radical (unpaired) electrons. The van der Waals surface area contributed by atoms with E-state index in [9.17, 15) is 34.5 Å². The van der Waals surface area contributed by atoms with Gasteiger partial charge in [-0.1, -0.05) is 212 Å². The second-order valence-electron chi connectivity index (χ2n) is 19.9. The molecule has 79 heavy (non-hydrogen) atoms. The molecule has 0 aromatic carbocycles. The predicted molar refractivity (Wildman–Crippen MR) is 321 cm³/mol. The second-order valence-corrected chi connectivity index (χ2v) is 19.9. The minimum absolute atomic E-state index is 0.0287. The zero-order valence-electron chi connectivity index (χ0n) is 48.8. The first-order valence-electron chi connectivity index (χ1n) is 30.2. The van der Waals surface area contributed by atoms with Crippen LogP contribution in [-0.2, 0) is 42.9 Å². The number of carbonyl (C=O) groups excluding carboxylic acids is 3. The Labute approximate surface area is 477 Å². The van der Waals surface area contributed by atoms with Crippen molar-refractivity contribution in [3.05, 3.63) is 134 Å². The maximum Gasteiger partial charge on any atom is 0.335 e. The fourth-order valence-electron chi connectivity index (χ4n) is 8.15. The molecule has 1 aliphatic heterocycles. The van der Waals surface area contributed by atoms with Crippen molar-refractivity contribution in [3.63, 3.8) is 0 Å². The number of carboxylic acid groups (broad SMARTS) is 1. The van der Waals surface area contributed by atoms with Crippen LogP contribution in [0.25, 0.3) is 0 Å². The van der Waals surface area contributed by atoms with Crippen molar-refractivity contribution in [2.24, 2.45) is 0 Å². The molecule has 0 amide bonds. The van der Waals surface area contributed by atoms with E-state index in [4.69, 9.17) is 23.7 Å². The number of aliphatic hydroxyl groups excluding tert-OH is 2. The standard InChI is InChI=1S/C67H104O12/c1-4-7-10-13-16-19-22-25-27-29-30-32-33-36-38-41-44-47-50-53-59(68)75-56-58(77-60(69)54-51-48-45-42-40-37-34-31-28-26-23-20-17-14-11-8-5-2)57-76-67-65(63(72)62(71)64(79-67)66(73)74)78-61(70)55-52-49-46-43-39-35-24-21-18-15-12-9-6-3/h7-8,10-12,15-17,19-21,24-28,30,32,36,38,44,47,58,62-65,67,71-72H,4-6,9,13-14,18,22-23,29,31,33-35,37,39-43,45-46,48-57H2,1-3H3,(H,73,74)/b10-7-,11-8-,15-12-,19-16-,20-17-,24-21-,27-25-,28-26-,32-30-,38-36-,47-44-. The van der Waals surface area contributed by atoms with Gasteiger partial charge in [0.15, 0.2) is 24.6 Å². The number of hydrogen-bond donors (Lipinski definition) is 3. The third-order valence-corrected chi connectivity index (χ3v) is 12.7. The van der Waals surface area contributed by atoms with Crippen molar-refractivity contribution in [1.29, 1.82) is 0 Å². The van der Waals surface area contributed by atoms with Crippen molar-refractivity contribution in [1.82, 2.24) is 0 Å². The number of carbonyl (C=O) groups is 4. The number of ether oxygens (including phenoxy) is 5. The van der Waals surface area contributed by atoms with Gasteiger partial charge in [0.1, 0.15) is 18.8 Å². The molecule has 0 spiro atoms. The molecule has 1 saturated heterocycles. The normalized spacial score (nSPS) is 18.8. The van der Waals surface area contributed by atoms with Crippen molar-refractivity contribution in [2.45, 2.75) is 250 Å². The molecule has 0 aliphatic carbocycles. The van der Waals surface area contributed by atoms with Crippen LogP contribution in [0.1, 0.15) is 213 Å². The molecule has 1 rings (SSSR count). The highest BCUT2D eigenvalue weighted by molar-refractivity contribution is 5.74. The van der Waals surface area contributed by atoms with E-state index in [2.05, 4.69) is 142 Å². The highest BCUT2D eigenvalue weighted by atomic mass is 16.7. The second kappa shape index (κ2) is 53.5. The van der Waals surface area contributed by atoms with Crippen LogP contribution in [0.5, 0.6) is 0 Å². The van der Waals surface area contributed by atoms with Crippen molar-refractivity contribution >= 4 is 23.9 Å². The Hall–Kier alpha value is -5.14. The molecule has 0 aromatic heterocycles. The number of esters is 3. The SMILES string of the molecule is CC/C=C\C/C=C\C/C=C\C/C=C\C/C=C\C/C=C\CCC(=O)OCC(COC1OC(C(=O)O)C(O)C(O)C1OC(=O)CCCCCCC/C=C\C/C=C\CCC)OC(=O)CCCCCCCCC/C=C\C/C=C\C/C=C\CC. The molecule has 0 bridgehead atoms. The Kier molecular flexibility index (Phi) is 48.7. The van der Waals surface area contributed by atoms with Crippen LogP contribution in [-0.4, -0.2) is 89.2 Å². The van der Waals surface area contributed by atoms with Crippen LogP contribution in [0.3, 0.4) is 0 Å². The van der Waals surface area contributed by atoms with Crippen LogP contribution in [0.2, 0.25) is 0 Å². The number of unbranched alkanes of at least 4 members (excludes halogenated alkanes) is 13. The first-order chi connectivity index (χ1) is 38.6. The largest absolute Gasteiger partial charge is 0.479 e. The van der Waals surface area contributed by atoms with Gasteiger partial charge >= 0.3 is 23.9 Å². The van der Waals surface area contributed by atoms with E-state index in [1.807, 2.05) is 12.2 Å². The summed E-state index contributed by atoms with van der Waals surface area (Å²) in [5.74, 6) is -3.28. The van der Waals surface area contributed by atoms with Gasteiger partial charge in [0.05, 0.1) is 6.61 Å². The Morgan fingerprint density at radius 2 is 0.823 bits per heavy atom. The van der Waals surface area contributed by atoms with Crippen LogP contribution >= 0.6 is 0 Å². The number of carboxylic acids is 1. The number of allylic oxidation sites excluding steroid dienone is 22. The number of aliphatic carboxylic acids is 1. The summed E-state index contributed by atoms with van der Waals surface area (Å²) in [7, 11) is 0. The molecule has 444 valence electrons. The fraction of sp³-hybridized carbons (Fsp3) is 0.612. The Bertz CT molecular complexity index is 1880. The Balaban J connectivity index is 2.75. The third kappa shape index (κ3) is 43.4. The topological polar surface area (TPSA) is 175 Å². The molecule has 12 heteroatoms. The van der Waals surface area contributed by atoms with Gasteiger partial charge < -0.3 is 39.0 Å². The summed E-state index contributed by atoms with van der Waals surface area (Å²) >= 11 is 0. The highest BCUT2D eigenvalue weighted by Crippen LogP contribution is 2.26. The first-order valence-corrected chi connectivity index (χ1v) is 30.2. The lowest BCUT2D eigenvalue weighted by molar-refractivity contribution is -0.301. The quantitative estimate of drug-likeness (QED) is 0.0228. The highest BCUT2D eigenvalue weighted by Gasteiger charge is 2.50. The van der Waals surface area contributed by atoms with E-state index in [1.165, 1.54) is 0 Å². The number of rotatable bonds is 49. The number of aliphatic hydroxyl groups is 2. The molecule has 6 atom stereocenters. The smallest absolute Gasteiger partial charge is 0.335 e. The maximum atomic E-state index is 13.2. The van der Waals surface area contributed by atoms with Crippen LogP contribution in [0, 0.1) is 0 Å². The van der Waals surface area contributed by atoms with E-state index in [1.54, 1.807) is 0 Å². The van der Waals surface area contributed by atoms with Gasteiger partial charge in [0.2, 0.25) is 0 Å². The summed E-state index contributed by atoms with van der Waals surface area (Å²) in [6.45, 7) is 5.61. The summed E-state index contributed by atoms with van der Waals surface area (Å²) in [6.07, 6.45) is 62.9. The third-order valence-electron chi connectivity index (χ3n) is 12.7. The maximum absolute atomic E-state index is 13.2. The van der Waals surface area contributed by atoms with E-state index < -0.39 is 67.3 Å². The van der Waals surface area contributed by atoms with Crippen LogP contribution < -0.4 is 0 Å². The Morgan fingerprint density at radius 3 is 1.27 bits per heavy atom. The molecule has 6 unspecified atom stereocenters. The lowest BCUT2D eigenvalue weighted by atomic mass is 9.98. The van der Waals surface area contributed by atoms with E-state index >= 15 is 0 Å². The number of hydrogen-bond acceptors (Lipinski definition) is 11. The molecular formula is C67H104O12. The van der Waals surface area contributed by atoms with E-state index in [-0.39, 0.29) is 25.9 Å². The van der Waals surface area contributed by atoms with Gasteiger partial charge in [-0.15, -0.1) is 0 Å². The Morgan fingerprint density at radius 1 is 0.430 bits per heavy atom. The van der Waals surface area contributed by atoms with Gasteiger partial charge in [-0.05, 0) is 116 Å². The predicted octanol–water partition coefficient (Wildman–Crippen LogP) is 15.8. The summed E-state index contributed by atoms with van der Waals surface area (Å²) in [6, 6.07) is 0. The zero-order chi connectivity index (χ0) is 57.5. The van der Waals surface area contributed by atoms with Gasteiger partial charge in [-0.2, -0.15) is 0 Å². The van der Waals surface area contributed by atoms with Crippen molar-refractivity contribution < 1.29 is 58.2 Å². The van der Waals surface area contributed by atoms with Crippen LogP contribution in [0.4, 0.5) is 0 Å². The monoisotopic (exact) mass is 1100 g/mol. The van der Waals surface area contributed by atoms with E-state index in [0.29, 0.717) is 19.3 Å². The molecule has 3 N–H and O–H groups in total. The molecule has 0 aromatic rings. The molecular weight excluding hydrogens is 997 g/mol. The first kappa shape index (κ1) is 71.9. The summed E-state index contributed by atoms with van der Waals surface area (Å²) in [4.78, 5) is 51.2. The molecule has 12 nitrogen and oxygen atoms in total. The molecule has 1 aliphatic rings. The minimum Gasteiger partial charge on any atom is -0.479 e. The summed E-state index contributed by atoms with van der Waals surface area (Å²) < 4.78 is 28.3. The van der Waals surface area contributed by atoms with E-state index in [0.717, 1.165) is 154 Å². The van der Waals surface area contributed by atoms with Crippen molar-refractivity contribution in [3.8, 4) is 0 Å². The van der Waals surface area contributed by atoms with Crippen molar-refractivity contribution in [2.75, 3.05) is 13.2 Å². The summed E-state index contributed by atoms with van der Waals surface area (Å²) in [5.41, 5.74) is 0. The molecule has 1 heterocycles. The average molecular weight is 1100 g/mol. The molecule has 1 fully saturated rings. The fourth-order valence-corrected chi connectivity index (χ4v) is 8.15. The molecule has 0 saturated carbocycles. The lowest BCUT2D eigenvalue weighted by Crippen LogP contribution is -2.61. The van der Waals surface area contributed by atoms with Gasteiger partial charge in [0, 0.05) is 19.3 Å². The lowest BCUT2D eigenvalue weighted by Gasteiger charge is -2.40. The van der Waals surface area contributed by atoms with Gasteiger partial charge in [-0.3, -0.25) is 14.4 Å². The summed E-state index contributed by atoms with van der Waals surface area (Å²) in [5, 5.41) is 31.5.